The van der Waals surface area contributed by atoms with Gasteiger partial charge in [-0.2, -0.15) is 0 Å². The number of carbonyl (C=O) groups is 1. The summed E-state index contributed by atoms with van der Waals surface area (Å²) in [7, 11) is 0. The van der Waals surface area contributed by atoms with E-state index in [9.17, 15) is 4.79 Å². The average molecular weight is 305 g/mol. The Kier molecular flexibility index (Phi) is 4.81. The largest absolute Gasteiger partial charge is 0.461 e. The Balaban J connectivity index is 2.28. The zero-order valence-corrected chi connectivity index (χ0v) is 13.0. The molecule has 0 aliphatic rings. The molecule has 1 heterocycles. The summed E-state index contributed by atoms with van der Waals surface area (Å²) in [6.07, 6.45) is 1.74. The molecular weight excluding hydrogens is 288 g/mol. The number of halogens is 1. The van der Waals surface area contributed by atoms with Crippen LogP contribution in [-0.2, 0) is 4.74 Å². The summed E-state index contributed by atoms with van der Waals surface area (Å²) in [4.78, 5) is 19.3. The average Bonchev–Trinajstić information content (AvgIpc) is 2.74. The number of rotatable bonds is 4. The monoisotopic (exact) mass is 304 g/mol. The summed E-state index contributed by atoms with van der Waals surface area (Å²) >= 11 is 5.84. The molecule has 0 unspecified atom stereocenters. The Bertz CT molecular complexity index is 672. The summed E-state index contributed by atoms with van der Waals surface area (Å²) in [6, 6.07) is 7.25. The molecule has 2 aromatic rings. The molecule has 110 valence electrons. The molecule has 0 fully saturated rings. The van der Waals surface area contributed by atoms with Gasteiger partial charge in [0, 0.05) is 22.5 Å². The van der Waals surface area contributed by atoms with Gasteiger partial charge in [0.05, 0.1) is 12.3 Å². The standard InChI is InChI=1S/C16H17ClN2O2/c1-4-21-16(20)15-10(2)14(11(3)19-15)9-18-13-7-5-12(17)6-8-13/h5-9,19H,4H2,1-3H3. The molecule has 0 atom stereocenters. The van der Waals surface area contributed by atoms with Gasteiger partial charge in [0.2, 0.25) is 0 Å². The predicted octanol–water partition coefficient (Wildman–Crippen LogP) is 4.21. The summed E-state index contributed by atoms with van der Waals surface area (Å²) in [5, 5.41) is 0.674. The van der Waals surface area contributed by atoms with Gasteiger partial charge >= 0.3 is 5.97 Å². The lowest BCUT2D eigenvalue weighted by molar-refractivity contribution is 0.0519. The van der Waals surface area contributed by atoms with Crippen molar-refractivity contribution in [2.75, 3.05) is 6.61 Å². The fourth-order valence-corrected chi connectivity index (χ4v) is 2.16. The van der Waals surface area contributed by atoms with Crippen LogP contribution >= 0.6 is 11.6 Å². The lowest BCUT2D eigenvalue weighted by Gasteiger charge is -2.00. The van der Waals surface area contributed by atoms with Crippen molar-refractivity contribution >= 4 is 29.5 Å². The van der Waals surface area contributed by atoms with E-state index in [1.165, 1.54) is 0 Å². The maximum absolute atomic E-state index is 11.8. The second-order valence-electron chi connectivity index (χ2n) is 4.62. The molecule has 0 radical (unpaired) electrons. The minimum atomic E-state index is -0.343. The number of nitrogens with one attached hydrogen (secondary N) is 1. The number of nitrogens with zero attached hydrogens (tertiary/aromatic N) is 1. The number of aromatic nitrogens is 1. The number of aliphatic imine (C=N–C) groups is 1. The van der Waals surface area contributed by atoms with Gasteiger partial charge < -0.3 is 9.72 Å². The zero-order chi connectivity index (χ0) is 15.4. The minimum Gasteiger partial charge on any atom is -0.461 e. The minimum absolute atomic E-state index is 0.343. The lowest BCUT2D eigenvalue weighted by atomic mass is 10.1. The summed E-state index contributed by atoms with van der Waals surface area (Å²) in [5.74, 6) is -0.343. The molecule has 0 bridgehead atoms. The van der Waals surface area contributed by atoms with Crippen molar-refractivity contribution in [1.82, 2.24) is 4.98 Å². The normalized spacial score (nSPS) is 11.0. The SMILES string of the molecule is CCOC(=O)c1[nH]c(C)c(C=Nc2ccc(Cl)cc2)c1C. The molecule has 5 heteroatoms. The third kappa shape index (κ3) is 3.52. The van der Waals surface area contributed by atoms with Crippen LogP contribution in [0.5, 0.6) is 0 Å². The molecule has 1 aromatic carbocycles. The van der Waals surface area contributed by atoms with E-state index in [1.807, 2.05) is 26.0 Å². The molecule has 0 spiro atoms. The summed E-state index contributed by atoms with van der Waals surface area (Å²) in [6.45, 7) is 5.91. The van der Waals surface area contributed by atoms with Crippen LogP contribution in [0.2, 0.25) is 5.02 Å². The molecule has 0 saturated carbocycles. The second-order valence-corrected chi connectivity index (χ2v) is 5.06. The summed E-state index contributed by atoms with van der Waals surface area (Å²) in [5.41, 5.74) is 3.90. The number of aryl methyl sites for hydroxylation is 1. The first-order chi connectivity index (χ1) is 10.0. The van der Waals surface area contributed by atoms with Crippen LogP contribution < -0.4 is 0 Å². The van der Waals surface area contributed by atoms with Crippen molar-refractivity contribution < 1.29 is 9.53 Å². The van der Waals surface area contributed by atoms with E-state index in [2.05, 4.69) is 9.98 Å². The van der Waals surface area contributed by atoms with Crippen LogP contribution in [0.15, 0.2) is 29.3 Å². The van der Waals surface area contributed by atoms with E-state index in [-0.39, 0.29) is 5.97 Å². The third-order valence-corrected chi connectivity index (χ3v) is 3.40. The highest BCUT2D eigenvalue weighted by molar-refractivity contribution is 6.30. The van der Waals surface area contributed by atoms with E-state index in [0.717, 1.165) is 22.5 Å². The van der Waals surface area contributed by atoms with Crippen LogP contribution in [0.25, 0.3) is 0 Å². The fourth-order valence-electron chi connectivity index (χ4n) is 2.03. The van der Waals surface area contributed by atoms with Gasteiger partial charge in [0.25, 0.3) is 0 Å². The highest BCUT2D eigenvalue weighted by Crippen LogP contribution is 2.20. The van der Waals surface area contributed by atoms with Crippen molar-refractivity contribution in [3.63, 3.8) is 0 Å². The lowest BCUT2D eigenvalue weighted by Crippen LogP contribution is -2.06. The number of hydrogen-bond donors (Lipinski definition) is 1. The van der Waals surface area contributed by atoms with Gasteiger partial charge in [-0.25, -0.2) is 4.79 Å². The smallest absolute Gasteiger partial charge is 0.355 e. The van der Waals surface area contributed by atoms with E-state index < -0.39 is 0 Å². The Morgan fingerprint density at radius 3 is 2.62 bits per heavy atom. The van der Waals surface area contributed by atoms with E-state index in [1.54, 1.807) is 25.3 Å². The number of hydrogen-bond acceptors (Lipinski definition) is 3. The molecular formula is C16H17ClN2O2. The molecule has 0 aliphatic heterocycles. The molecule has 2 rings (SSSR count). The van der Waals surface area contributed by atoms with Crippen LogP contribution in [0, 0.1) is 13.8 Å². The molecule has 4 nitrogen and oxygen atoms in total. The molecule has 1 aromatic heterocycles. The van der Waals surface area contributed by atoms with Gasteiger partial charge in [-0.15, -0.1) is 0 Å². The number of ether oxygens (including phenoxy) is 1. The van der Waals surface area contributed by atoms with E-state index in [0.29, 0.717) is 17.3 Å². The Hall–Kier alpha value is -2.07. The Labute approximate surface area is 128 Å². The van der Waals surface area contributed by atoms with Crippen molar-refractivity contribution in [2.24, 2.45) is 4.99 Å². The number of aromatic amines is 1. The molecule has 21 heavy (non-hydrogen) atoms. The van der Waals surface area contributed by atoms with Crippen LogP contribution in [0.1, 0.15) is 34.2 Å². The van der Waals surface area contributed by atoms with Crippen molar-refractivity contribution in [1.29, 1.82) is 0 Å². The highest BCUT2D eigenvalue weighted by Gasteiger charge is 2.17. The Morgan fingerprint density at radius 2 is 2.00 bits per heavy atom. The van der Waals surface area contributed by atoms with Gasteiger partial charge in [-0.1, -0.05) is 11.6 Å². The number of carbonyl (C=O) groups excluding carboxylic acids is 1. The first kappa shape index (κ1) is 15.3. The number of benzene rings is 1. The first-order valence-corrected chi connectivity index (χ1v) is 7.06. The van der Waals surface area contributed by atoms with Gasteiger partial charge in [0.1, 0.15) is 5.69 Å². The predicted molar refractivity (Wildman–Crippen MR) is 84.9 cm³/mol. The van der Waals surface area contributed by atoms with E-state index in [4.69, 9.17) is 16.3 Å². The maximum atomic E-state index is 11.8. The van der Waals surface area contributed by atoms with Gasteiger partial charge in [0.15, 0.2) is 0 Å². The maximum Gasteiger partial charge on any atom is 0.355 e. The highest BCUT2D eigenvalue weighted by atomic mass is 35.5. The fraction of sp³-hybridized carbons (Fsp3) is 0.250. The summed E-state index contributed by atoms with van der Waals surface area (Å²) < 4.78 is 5.02. The number of esters is 1. The van der Waals surface area contributed by atoms with Crippen LogP contribution in [0.4, 0.5) is 5.69 Å². The quantitative estimate of drug-likeness (QED) is 0.679. The molecule has 1 N–H and O–H groups in total. The topological polar surface area (TPSA) is 54.5 Å². The Morgan fingerprint density at radius 1 is 1.33 bits per heavy atom. The third-order valence-electron chi connectivity index (χ3n) is 3.14. The van der Waals surface area contributed by atoms with Crippen molar-refractivity contribution in [2.45, 2.75) is 20.8 Å². The zero-order valence-electron chi connectivity index (χ0n) is 12.2. The molecule has 0 amide bonds. The van der Waals surface area contributed by atoms with Crippen molar-refractivity contribution in [3.05, 3.63) is 51.8 Å². The van der Waals surface area contributed by atoms with Gasteiger partial charge in [-0.05, 0) is 50.6 Å². The van der Waals surface area contributed by atoms with Crippen LogP contribution in [-0.4, -0.2) is 23.8 Å². The number of H-pyrrole nitrogens is 1. The molecule has 0 saturated heterocycles. The molecule has 0 aliphatic carbocycles. The second kappa shape index (κ2) is 6.59. The van der Waals surface area contributed by atoms with Gasteiger partial charge in [-0.3, -0.25) is 4.99 Å². The van der Waals surface area contributed by atoms with E-state index >= 15 is 0 Å². The van der Waals surface area contributed by atoms with Crippen molar-refractivity contribution in [3.8, 4) is 0 Å². The van der Waals surface area contributed by atoms with Crippen LogP contribution in [0.3, 0.4) is 0 Å². The first-order valence-electron chi connectivity index (χ1n) is 6.68.